The van der Waals surface area contributed by atoms with E-state index in [1.54, 1.807) is 6.07 Å². The zero-order chi connectivity index (χ0) is 13.4. The smallest absolute Gasteiger partial charge is 0.252 e. The van der Waals surface area contributed by atoms with Gasteiger partial charge < -0.3 is 10.1 Å². The molecule has 0 bridgehead atoms. The highest BCUT2D eigenvalue weighted by Crippen LogP contribution is 2.19. The standard InChI is InChI=1S/C13H18BrNO2S/c1-2-3-7-17-8-6-15-13(16)11-9-10(18)4-5-12(11)14/h4-5,9,18H,2-3,6-8H2,1H3,(H,15,16). The van der Waals surface area contributed by atoms with Gasteiger partial charge in [-0.15, -0.1) is 12.6 Å². The van der Waals surface area contributed by atoms with Crippen molar-refractivity contribution in [3.63, 3.8) is 0 Å². The van der Waals surface area contributed by atoms with Gasteiger partial charge in [0.05, 0.1) is 12.2 Å². The molecular formula is C13H18BrNO2S. The second kappa shape index (κ2) is 8.56. The molecule has 0 aliphatic heterocycles. The maximum absolute atomic E-state index is 11.9. The van der Waals surface area contributed by atoms with Crippen LogP contribution in [0.4, 0.5) is 0 Å². The first-order valence-electron chi connectivity index (χ1n) is 5.99. The van der Waals surface area contributed by atoms with Crippen LogP contribution in [0.25, 0.3) is 0 Å². The summed E-state index contributed by atoms with van der Waals surface area (Å²) in [6.07, 6.45) is 2.18. The maximum Gasteiger partial charge on any atom is 0.252 e. The Bertz CT molecular complexity index is 399. The third-order valence-corrected chi connectivity index (χ3v) is 3.34. The lowest BCUT2D eigenvalue weighted by Gasteiger charge is -2.08. The van der Waals surface area contributed by atoms with Gasteiger partial charge in [0.15, 0.2) is 0 Å². The van der Waals surface area contributed by atoms with Gasteiger partial charge in [-0.25, -0.2) is 0 Å². The SMILES string of the molecule is CCCCOCCNC(=O)c1cc(S)ccc1Br. The van der Waals surface area contributed by atoms with Crippen molar-refractivity contribution in [2.45, 2.75) is 24.7 Å². The van der Waals surface area contributed by atoms with Crippen LogP contribution in [0.1, 0.15) is 30.1 Å². The number of unbranched alkanes of at least 4 members (excludes halogenated alkanes) is 1. The molecule has 1 aromatic rings. The number of ether oxygens (including phenoxy) is 1. The summed E-state index contributed by atoms with van der Waals surface area (Å²) in [4.78, 5) is 12.6. The molecular weight excluding hydrogens is 314 g/mol. The van der Waals surface area contributed by atoms with Crippen LogP contribution in [0.15, 0.2) is 27.6 Å². The van der Waals surface area contributed by atoms with Crippen LogP contribution in [-0.4, -0.2) is 25.7 Å². The Hall–Kier alpha value is -0.520. The fourth-order valence-electron chi connectivity index (χ4n) is 1.37. The second-order valence-electron chi connectivity index (χ2n) is 3.89. The minimum absolute atomic E-state index is 0.114. The summed E-state index contributed by atoms with van der Waals surface area (Å²) in [7, 11) is 0. The first kappa shape index (κ1) is 15.5. The van der Waals surface area contributed by atoms with Gasteiger partial charge in [0.1, 0.15) is 0 Å². The molecule has 1 aromatic carbocycles. The van der Waals surface area contributed by atoms with E-state index in [2.05, 4.69) is 40.8 Å². The van der Waals surface area contributed by atoms with E-state index in [-0.39, 0.29) is 5.91 Å². The lowest BCUT2D eigenvalue weighted by molar-refractivity contribution is 0.0912. The summed E-state index contributed by atoms with van der Waals surface area (Å²) in [5.41, 5.74) is 0.594. The Kier molecular flexibility index (Phi) is 7.39. The van der Waals surface area contributed by atoms with Crippen molar-refractivity contribution in [3.8, 4) is 0 Å². The van der Waals surface area contributed by atoms with Crippen molar-refractivity contribution in [2.75, 3.05) is 19.8 Å². The first-order chi connectivity index (χ1) is 8.65. The molecule has 1 amide bonds. The van der Waals surface area contributed by atoms with Gasteiger partial charge >= 0.3 is 0 Å². The normalized spacial score (nSPS) is 10.4. The Labute approximate surface area is 122 Å². The van der Waals surface area contributed by atoms with Crippen LogP contribution in [0.2, 0.25) is 0 Å². The summed E-state index contributed by atoms with van der Waals surface area (Å²) < 4.78 is 6.14. The number of benzene rings is 1. The molecule has 0 aromatic heterocycles. The topological polar surface area (TPSA) is 38.3 Å². The highest BCUT2D eigenvalue weighted by molar-refractivity contribution is 9.10. The number of halogens is 1. The monoisotopic (exact) mass is 331 g/mol. The fourth-order valence-corrected chi connectivity index (χ4v) is 2.00. The van der Waals surface area contributed by atoms with E-state index in [1.807, 2.05) is 12.1 Å². The number of thiol groups is 1. The average molecular weight is 332 g/mol. The molecule has 0 aliphatic rings. The largest absolute Gasteiger partial charge is 0.380 e. The maximum atomic E-state index is 11.9. The van der Waals surface area contributed by atoms with Crippen LogP contribution >= 0.6 is 28.6 Å². The van der Waals surface area contributed by atoms with Crippen LogP contribution in [-0.2, 0) is 4.74 Å². The molecule has 0 aliphatic carbocycles. The minimum Gasteiger partial charge on any atom is -0.380 e. The Morgan fingerprint density at radius 2 is 2.22 bits per heavy atom. The van der Waals surface area contributed by atoms with E-state index in [4.69, 9.17) is 4.74 Å². The van der Waals surface area contributed by atoms with Gasteiger partial charge in [-0.05, 0) is 40.5 Å². The molecule has 0 radical (unpaired) electrons. The van der Waals surface area contributed by atoms with E-state index < -0.39 is 0 Å². The number of carbonyl (C=O) groups excluding carboxylic acids is 1. The third-order valence-electron chi connectivity index (χ3n) is 2.37. The molecule has 100 valence electrons. The molecule has 0 spiro atoms. The van der Waals surface area contributed by atoms with Crippen molar-refractivity contribution < 1.29 is 9.53 Å². The summed E-state index contributed by atoms with van der Waals surface area (Å²) in [6, 6.07) is 5.38. The molecule has 0 unspecified atom stereocenters. The Morgan fingerprint density at radius 3 is 2.94 bits per heavy atom. The Balaban J connectivity index is 2.34. The van der Waals surface area contributed by atoms with Gasteiger partial charge in [-0.2, -0.15) is 0 Å². The van der Waals surface area contributed by atoms with Crippen LogP contribution < -0.4 is 5.32 Å². The molecule has 1 N–H and O–H groups in total. The summed E-state index contributed by atoms with van der Waals surface area (Å²) >= 11 is 7.57. The van der Waals surface area contributed by atoms with Crippen LogP contribution in [0.3, 0.4) is 0 Å². The van der Waals surface area contributed by atoms with Gasteiger partial charge in [-0.1, -0.05) is 13.3 Å². The van der Waals surface area contributed by atoms with Gasteiger partial charge in [-0.3, -0.25) is 4.79 Å². The molecule has 0 heterocycles. The molecule has 0 fully saturated rings. The zero-order valence-electron chi connectivity index (χ0n) is 10.4. The third kappa shape index (κ3) is 5.42. The highest BCUT2D eigenvalue weighted by Gasteiger charge is 2.09. The van der Waals surface area contributed by atoms with Crippen LogP contribution in [0, 0.1) is 0 Å². The fraction of sp³-hybridized carbons (Fsp3) is 0.462. The molecule has 5 heteroatoms. The molecule has 0 saturated heterocycles. The first-order valence-corrected chi connectivity index (χ1v) is 7.23. The minimum atomic E-state index is -0.114. The number of hydrogen-bond donors (Lipinski definition) is 2. The molecule has 18 heavy (non-hydrogen) atoms. The number of rotatable bonds is 7. The van der Waals surface area contributed by atoms with Gasteiger partial charge in [0.2, 0.25) is 0 Å². The van der Waals surface area contributed by atoms with Gasteiger partial charge in [0, 0.05) is 22.5 Å². The van der Waals surface area contributed by atoms with E-state index in [9.17, 15) is 4.79 Å². The van der Waals surface area contributed by atoms with Crippen molar-refractivity contribution >= 4 is 34.5 Å². The number of nitrogens with one attached hydrogen (secondary N) is 1. The summed E-state index contributed by atoms with van der Waals surface area (Å²) in [6.45, 7) is 3.94. The second-order valence-corrected chi connectivity index (χ2v) is 5.26. The summed E-state index contributed by atoms with van der Waals surface area (Å²) in [5.74, 6) is -0.114. The molecule has 1 rings (SSSR count). The van der Waals surface area contributed by atoms with Crippen molar-refractivity contribution in [2.24, 2.45) is 0 Å². The lowest BCUT2D eigenvalue weighted by atomic mass is 10.2. The zero-order valence-corrected chi connectivity index (χ0v) is 12.9. The van der Waals surface area contributed by atoms with E-state index in [0.29, 0.717) is 18.7 Å². The van der Waals surface area contributed by atoms with Crippen molar-refractivity contribution in [1.82, 2.24) is 5.32 Å². The lowest BCUT2D eigenvalue weighted by Crippen LogP contribution is -2.27. The van der Waals surface area contributed by atoms with Crippen molar-refractivity contribution in [3.05, 3.63) is 28.2 Å². The van der Waals surface area contributed by atoms with Gasteiger partial charge in [0.25, 0.3) is 5.91 Å². The number of hydrogen-bond acceptors (Lipinski definition) is 3. The van der Waals surface area contributed by atoms with Crippen LogP contribution in [0.5, 0.6) is 0 Å². The summed E-state index contributed by atoms with van der Waals surface area (Å²) in [5, 5.41) is 2.82. The molecule has 3 nitrogen and oxygen atoms in total. The number of carbonyl (C=O) groups is 1. The molecule has 0 saturated carbocycles. The van der Waals surface area contributed by atoms with E-state index in [1.165, 1.54) is 0 Å². The Morgan fingerprint density at radius 1 is 1.44 bits per heavy atom. The molecule has 0 atom stereocenters. The predicted molar refractivity (Wildman–Crippen MR) is 79.5 cm³/mol. The average Bonchev–Trinajstić information content (AvgIpc) is 2.36. The quantitative estimate of drug-likeness (QED) is 0.594. The predicted octanol–water partition coefficient (Wildman–Crippen LogP) is 3.28. The number of amides is 1. The highest BCUT2D eigenvalue weighted by atomic mass is 79.9. The van der Waals surface area contributed by atoms with E-state index >= 15 is 0 Å². The van der Waals surface area contributed by atoms with Crippen molar-refractivity contribution in [1.29, 1.82) is 0 Å². The van der Waals surface area contributed by atoms with E-state index in [0.717, 1.165) is 28.8 Å².